The average molecular weight is 246 g/mol. The average Bonchev–Trinajstić information content (AvgIpc) is 2.34. The number of benzene rings is 1. The SMILES string of the molecule is O=C([O-])CN1C(=O)CC(c2ccccc2)CC1=O. The molecule has 1 heterocycles. The maximum Gasteiger partial charge on any atom is 0.230 e. The molecule has 1 saturated heterocycles. The quantitative estimate of drug-likeness (QED) is 0.684. The van der Waals surface area contributed by atoms with Gasteiger partial charge in [0.15, 0.2) is 0 Å². The van der Waals surface area contributed by atoms with Crippen molar-refractivity contribution in [1.82, 2.24) is 4.90 Å². The van der Waals surface area contributed by atoms with Crippen LogP contribution in [0.1, 0.15) is 24.3 Å². The van der Waals surface area contributed by atoms with Gasteiger partial charge in [0.2, 0.25) is 11.8 Å². The van der Waals surface area contributed by atoms with E-state index in [1.54, 1.807) is 0 Å². The molecule has 5 nitrogen and oxygen atoms in total. The smallest absolute Gasteiger partial charge is 0.230 e. The number of nitrogens with zero attached hydrogens (tertiary/aromatic N) is 1. The Labute approximate surface area is 104 Å². The van der Waals surface area contributed by atoms with Crippen molar-refractivity contribution in [3.63, 3.8) is 0 Å². The number of carbonyl (C=O) groups excluding carboxylic acids is 3. The lowest BCUT2D eigenvalue weighted by Crippen LogP contribution is -2.48. The Kier molecular flexibility index (Phi) is 3.41. The molecule has 2 amide bonds. The zero-order valence-corrected chi connectivity index (χ0v) is 9.67. The minimum atomic E-state index is -1.42. The molecule has 1 fully saturated rings. The van der Waals surface area contributed by atoms with E-state index in [2.05, 4.69) is 0 Å². The number of imide groups is 1. The third-order valence-corrected chi connectivity index (χ3v) is 3.00. The molecule has 1 aliphatic rings. The first-order chi connectivity index (χ1) is 8.58. The number of carboxylic acids is 1. The van der Waals surface area contributed by atoms with Crippen LogP contribution in [0, 0.1) is 0 Å². The van der Waals surface area contributed by atoms with Crippen molar-refractivity contribution in [2.75, 3.05) is 6.54 Å². The van der Waals surface area contributed by atoms with E-state index >= 15 is 0 Å². The van der Waals surface area contributed by atoms with Gasteiger partial charge in [0.25, 0.3) is 0 Å². The molecule has 0 saturated carbocycles. The molecule has 18 heavy (non-hydrogen) atoms. The summed E-state index contributed by atoms with van der Waals surface area (Å²) in [6.07, 6.45) is 0.312. The van der Waals surface area contributed by atoms with Crippen LogP contribution in [-0.4, -0.2) is 29.2 Å². The van der Waals surface area contributed by atoms with Gasteiger partial charge >= 0.3 is 0 Å². The highest BCUT2D eigenvalue weighted by Crippen LogP contribution is 2.29. The van der Waals surface area contributed by atoms with E-state index in [0.717, 1.165) is 10.5 Å². The number of amides is 2. The minimum absolute atomic E-state index is 0.156. The van der Waals surface area contributed by atoms with Crippen LogP contribution in [0.3, 0.4) is 0 Å². The molecule has 0 unspecified atom stereocenters. The van der Waals surface area contributed by atoms with Gasteiger partial charge in [-0.2, -0.15) is 0 Å². The van der Waals surface area contributed by atoms with E-state index in [4.69, 9.17) is 0 Å². The van der Waals surface area contributed by atoms with Crippen LogP contribution in [0.2, 0.25) is 0 Å². The van der Waals surface area contributed by atoms with Gasteiger partial charge in [0.05, 0.1) is 12.5 Å². The molecule has 2 rings (SSSR count). The third kappa shape index (κ3) is 2.56. The van der Waals surface area contributed by atoms with Gasteiger partial charge < -0.3 is 9.90 Å². The summed E-state index contributed by atoms with van der Waals surface area (Å²) in [6.45, 7) is -0.654. The lowest BCUT2D eigenvalue weighted by molar-refractivity contribution is -0.305. The molecular weight excluding hydrogens is 234 g/mol. The fraction of sp³-hybridized carbons (Fsp3) is 0.308. The van der Waals surface area contributed by atoms with Crippen LogP contribution in [0.4, 0.5) is 0 Å². The monoisotopic (exact) mass is 246 g/mol. The molecule has 0 bridgehead atoms. The highest BCUT2D eigenvalue weighted by atomic mass is 16.4. The highest BCUT2D eigenvalue weighted by Gasteiger charge is 2.32. The van der Waals surface area contributed by atoms with Crippen LogP contribution in [-0.2, 0) is 14.4 Å². The molecule has 5 heteroatoms. The fourth-order valence-corrected chi connectivity index (χ4v) is 2.12. The van der Waals surface area contributed by atoms with Crippen LogP contribution >= 0.6 is 0 Å². The van der Waals surface area contributed by atoms with Crippen molar-refractivity contribution in [3.8, 4) is 0 Å². The molecule has 94 valence electrons. The Morgan fingerprint density at radius 1 is 1.17 bits per heavy atom. The summed E-state index contributed by atoms with van der Waals surface area (Å²) in [5, 5.41) is 10.5. The molecule has 1 aromatic rings. The molecular formula is C13H12NO4-. The Hall–Kier alpha value is -2.17. The Bertz CT molecular complexity index is 465. The lowest BCUT2D eigenvalue weighted by atomic mass is 9.88. The molecule has 0 aliphatic carbocycles. The van der Waals surface area contributed by atoms with Crippen molar-refractivity contribution < 1.29 is 19.5 Å². The van der Waals surface area contributed by atoms with Gasteiger partial charge in [-0.15, -0.1) is 0 Å². The van der Waals surface area contributed by atoms with Gasteiger partial charge in [-0.1, -0.05) is 30.3 Å². The predicted octanol–water partition coefficient (Wildman–Crippen LogP) is -0.331. The van der Waals surface area contributed by atoms with Crippen LogP contribution < -0.4 is 5.11 Å². The van der Waals surface area contributed by atoms with Crippen molar-refractivity contribution in [1.29, 1.82) is 0 Å². The van der Waals surface area contributed by atoms with Gasteiger partial charge in [0.1, 0.15) is 0 Å². The number of rotatable bonds is 3. The number of hydrogen-bond acceptors (Lipinski definition) is 4. The number of carbonyl (C=O) groups is 3. The lowest BCUT2D eigenvalue weighted by Gasteiger charge is -2.30. The van der Waals surface area contributed by atoms with Crippen LogP contribution in [0.25, 0.3) is 0 Å². The summed E-state index contributed by atoms with van der Waals surface area (Å²) >= 11 is 0. The summed E-state index contributed by atoms with van der Waals surface area (Å²) in [5.74, 6) is -2.49. The second-order valence-electron chi connectivity index (χ2n) is 4.26. The number of aliphatic carboxylic acids is 1. The molecule has 1 aliphatic heterocycles. The van der Waals surface area contributed by atoms with Gasteiger partial charge in [-0.05, 0) is 5.56 Å². The van der Waals surface area contributed by atoms with Crippen molar-refractivity contribution >= 4 is 17.8 Å². The van der Waals surface area contributed by atoms with Crippen LogP contribution in [0.5, 0.6) is 0 Å². The van der Waals surface area contributed by atoms with Gasteiger partial charge in [0, 0.05) is 18.8 Å². The van der Waals surface area contributed by atoms with E-state index < -0.39 is 24.3 Å². The van der Waals surface area contributed by atoms with E-state index in [-0.39, 0.29) is 18.8 Å². The largest absolute Gasteiger partial charge is 0.548 e. The highest BCUT2D eigenvalue weighted by molar-refractivity contribution is 6.00. The first-order valence-electron chi connectivity index (χ1n) is 5.66. The number of piperidine rings is 1. The number of hydrogen-bond donors (Lipinski definition) is 0. The number of likely N-dealkylation sites (tertiary alicyclic amines) is 1. The molecule has 0 atom stereocenters. The fourth-order valence-electron chi connectivity index (χ4n) is 2.12. The molecule has 0 aromatic heterocycles. The summed E-state index contributed by atoms with van der Waals surface area (Å²) in [7, 11) is 0. The van der Waals surface area contributed by atoms with Crippen molar-refractivity contribution in [3.05, 3.63) is 35.9 Å². The Morgan fingerprint density at radius 3 is 2.22 bits per heavy atom. The summed E-state index contributed by atoms with van der Waals surface area (Å²) in [5.41, 5.74) is 0.923. The summed E-state index contributed by atoms with van der Waals surface area (Å²) in [6, 6.07) is 9.27. The third-order valence-electron chi connectivity index (χ3n) is 3.00. The van der Waals surface area contributed by atoms with Crippen LogP contribution in [0.15, 0.2) is 30.3 Å². The second kappa shape index (κ2) is 5.00. The summed E-state index contributed by atoms with van der Waals surface area (Å²) in [4.78, 5) is 34.7. The molecule has 1 aromatic carbocycles. The topological polar surface area (TPSA) is 77.5 Å². The minimum Gasteiger partial charge on any atom is -0.548 e. The second-order valence-corrected chi connectivity index (χ2v) is 4.26. The first kappa shape index (κ1) is 12.3. The first-order valence-corrected chi connectivity index (χ1v) is 5.66. The normalized spacial score (nSPS) is 17.0. The molecule has 0 N–H and O–H groups in total. The van der Waals surface area contributed by atoms with E-state index in [0.29, 0.717) is 0 Å². The Balaban J connectivity index is 2.12. The standard InChI is InChI=1S/C13H13NO4/c15-11-6-10(9-4-2-1-3-5-9)7-12(16)14(11)8-13(17)18/h1-5,10H,6-8H2,(H,17,18)/p-1. The number of carboxylic acid groups (broad SMARTS) is 1. The van der Waals surface area contributed by atoms with E-state index in [1.807, 2.05) is 30.3 Å². The van der Waals surface area contributed by atoms with Gasteiger partial charge in [-0.3, -0.25) is 14.5 Å². The predicted molar refractivity (Wildman–Crippen MR) is 60.1 cm³/mol. The van der Waals surface area contributed by atoms with Gasteiger partial charge in [-0.25, -0.2) is 0 Å². The zero-order valence-electron chi connectivity index (χ0n) is 9.67. The molecule has 0 radical (unpaired) electrons. The van der Waals surface area contributed by atoms with E-state index in [1.165, 1.54) is 0 Å². The van der Waals surface area contributed by atoms with Crippen molar-refractivity contribution in [2.24, 2.45) is 0 Å². The maximum absolute atomic E-state index is 11.7. The molecule has 0 spiro atoms. The Morgan fingerprint density at radius 2 is 1.72 bits per heavy atom. The maximum atomic E-state index is 11.7. The zero-order chi connectivity index (χ0) is 13.1. The van der Waals surface area contributed by atoms with Crippen molar-refractivity contribution in [2.45, 2.75) is 18.8 Å². The van der Waals surface area contributed by atoms with E-state index in [9.17, 15) is 19.5 Å². The summed E-state index contributed by atoms with van der Waals surface area (Å²) < 4.78 is 0.